The standard InChI is InChI=1S/C34H48F6O4SSi2/c1-12-22(14-13-19-32(41,33(35,36)37)34(38,39)40)27-18-16-24(45-27)21-42-23-15-17-25(28(30(2,3)4)43-46(8)9)26(20-23)29(31(5,6)7)44-47(10)11/h13-20,28-29,41H,12,21H2,1-11H3/b19-13+,22-14+. The SMILES string of the molecule is CC/C(=C\C=C\C(O)(C(F)(F)F)C(F)(F)F)c1ccc(COc2ccc(C(O[Si](C)C)C(C)(C)C)c(C(O[Si](C)C)C(C)(C)C)c2)s1. The van der Waals surface area contributed by atoms with Crippen molar-refractivity contribution in [1.29, 1.82) is 0 Å². The van der Waals surface area contributed by atoms with Crippen LogP contribution in [-0.2, 0) is 15.5 Å². The van der Waals surface area contributed by atoms with Crippen molar-refractivity contribution >= 4 is 35.0 Å². The molecule has 0 saturated heterocycles. The molecule has 1 N–H and O–H groups in total. The van der Waals surface area contributed by atoms with Gasteiger partial charge in [0.15, 0.2) is 0 Å². The summed E-state index contributed by atoms with van der Waals surface area (Å²) >= 11 is 1.32. The average Bonchev–Trinajstić information content (AvgIpc) is 3.37. The molecule has 264 valence electrons. The number of rotatable bonds is 13. The molecule has 2 rings (SSSR count). The quantitative estimate of drug-likeness (QED) is 0.127. The summed E-state index contributed by atoms with van der Waals surface area (Å²) in [5.41, 5.74) is -2.76. The summed E-state index contributed by atoms with van der Waals surface area (Å²) in [6, 6.07) is 9.55. The number of hydrogen-bond donors (Lipinski definition) is 1. The molecule has 0 aliphatic carbocycles. The molecule has 0 spiro atoms. The molecule has 47 heavy (non-hydrogen) atoms. The third-order valence-electron chi connectivity index (χ3n) is 7.14. The summed E-state index contributed by atoms with van der Waals surface area (Å²) in [6.45, 7) is 23.3. The van der Waals surface area contributed by atoms with E-state index in [1.54, 1.807) is 13.0 Å². The lowest BCUT2D eigenvalue weighted by Gasteiger charge is -2.39. The van der Waals surface area contributed by atoms with Crippen LogP contribution >= 0.6 is 11.3 Å². The molecule has 0 aliphatic heterocycles. The normalized spacial score (nSPS) is 15.6. The van der Waals surface area contributed by atoms with Crippen LogP contribution in [0.5, 0.6) is 5.75 Å². The molecular formula is C34H48F6O4SSi2. The van der Waals surface area contributed by atoms with Gasteiger partial charge in [0.2, 0.25) is 18.1 Å². The molecule has 1 aromatic carbocycles. The molecule has 4 nitrogen and oxygen atoms in total. The van der Waals surface area contributed by atoms with Crippen LogP contribution in [-0.4, -0.2) is 41.1 Å². The first-order chi connectivity index (χ1) is 21.3. The Hall–Kier alpha value is -1.91. The Morgan fingerprint density at radius 3 is 1.77 bits per heavy atom. The van der Waals surface area contributed by atoms with Crippen LogP contribution in [0.25, 0.3) is 5.57 Å². The summed E-state index contributed by atoms with van der Waals surface area (Å²) in [7, 11) is -2.11. The zero-order chi connectivity index (χ0) is 36.2. The van der Waals surface area contributed by atoms with Gasteiger partial charge in [0.25, 0.3) is 5.60 Å². The number of alkyl halides is 6. The highest BCUT2D eigenvalue weighted by atomic mass is 32.1. The minimum Gasteiger partial charge on any atom is -0.488 e. The van der Waals surface area contributed by atoms with Crippen molar-refractivity contribution in [3.8, 4) is 5.75 Å². The number of thiophene rings is 1. The molecule has 0 fully saturated rings. The van der Waals surface area contributed by atoms with E-state index in [0.29, 0.717) is 28.7 Å². The van der Waals surface area contributed by atoms with Crippen molar-refractivity contribution in [2.24, 2.45) is 10.8 Å². The molecule has 2 atom stereocenters. The number of halogens is 6. The van der Waals surface area contributed by atoms with Gasteiger partial charge in [-0.25, -0.2) is 0 Å². The van der Waals surface area contributed by atoms with Gasteiger partial charge < -0.3 is 18.7 Å². The second-order valence-electron chi connectivity index (χ2n) is 14.1. The Balaban J connectivity index is 2.44. The minimum absolute atomic E-state index is 0.162. The molecule has 0 bridgehead atoms. The summed E-state index contributed by atoms with van der Waals surface area (Å²) in [5.74, 6) is 0.636. The van der Waals surface area contributed by atoms with E-state index in [4.69, 9.17) is 13.6 Å². The third-order valence-corrected chi connectivity index (χ3v) is 9.69. The largest absolute Gasteiger partial charge is 0.488 e. The van der Waals surface area contributed by atoms with E-state index in [1.807, 2.05) is 18.2 Å². The van der Waals surface area contributed by atoms with Gasteiger partial charge >= 0.3 is 12.4 Å². The van der Waals surface area contributed by atoms with Crippen LogP contribution in [0.1, 0.15) is 88.0 Å². The molecule has 13 heteroatoms. The molecule has 0 aliphatic rings. The van der Waals surface area contributed by atoms with Crippen molar-refractivity contribution in [2.45, 2.75) is 118 Å². The minimum atomic E-state index is -5.92. The van der Waals surface area contributed by atoms with E-state index in [1.165, 1.54) is 11.3 Å². The Kier molecular flexibility index (Phi) is 13.8. The molecular weight excluding hydrogens is 675 g/mol. The predicted octanol–water partition coefficient (Wildman–Crippen LogP) is 11.2. The number of allylic oxidation sites excluding steroid dienone is 3. The molecule has 2 radical (unpaired) electrons. The van der Waals surface area contributed by atoms with Crippen LogP contribution in [0.4, 0.5) is 26.3 Å². The molecule has 1 aromatic heterocycles. The monoisotopic (exact) mass is 722 g/mol. The topological polar surface area (TPSA) is 47.9 Å². The smallest absolute Gasteiger partial charge is 0.430 e. The lowest BCUT2D eigenvalue weighted by molar-refractivity contribution is -0.347. The highest BCUT2D eigenvalue weighted by Gasteiger charge is 2.68. The zero-order valence-corrected chi connectivity index (χ0v) is 31.9. The maximum atomic E-state index is 13.0. The predicted molar refractivity (Wildman–Crippen MR) is 181 cm³/mol. The fourth-order valence-electron chi connectivity index (χ4n) is 4.80. The maximum absolute atomic E-state index is 13.0. The summed E-state index contributed by atoms with van der Waals surface area (Å²) < 4.78 is 97.7. The van der Waals surface area contributed by atoms with E-state index in [0.717, 1.165) is 22.1 Å². The van der Waals surface area contributed by atoms with Crippen molar-refractivity contribution in [2.75, 3.05) is 0 Å². The average molecular weight is 723 g/mol. The van der Waals surface area contributed by atoms with Gasteiger partial charge in [-0.15, -0.1) is 11.3 Å². The van der Waals surface area contributed by atoms with E-state index in [9.17, 15) is 31.4 Å². The number of hydrogen-bond acceptors (Lipinski definition) is 5. The molecule has 2 unspecified atom stereocenters. The van der Waals surface area contributed by atoms with E-state index in [-0.39, 0.29) is 35.7 Å². The van der Waals surface area contributed by atoms with Crippen molar-refractivity contribution < 1.29 is 45.0 Å². The third kappa shape index (κ3) is 11.0. The van der Waals surface area contributed by atoms with Gasteiger partial charge in [0.1, 0.15) is 12.4 Å². The van der Waals surface area contributed by atoms with E-state index >= 15 is 0 Å². The van der Waals surface area contributed by atoms with Gasteiger partial charge in [0.05, 0.1) is 12.2 Å². The summed E-state index contributed by atoms with van der Waals surface area (Å²) in [5, 5.41) is 9.40. The fourth-order valence-corrected chi connectivity index (χ4v) is 7.72. The van der Waals surface area contributed by atoms with Gasteiger partial charge in [-0.2, -0.15) is 26.3 Å². The molecule has 0 saturated carbocycles. The second-order valence-corrected chi connectivity index (χ2v) is 19.3. The highest BCUT2D eigenvalue weighted by molar-refractivity contribution is 7.13. The van der Waals surface area contributed by atoms with E-state index in [2.05, 4.69) is 73.8 Å². The zero-order valence-electron chi connectivity index (χ0n) is 29.0. The first kappa shape index (κ1) is 41.3. The Morgan fingerprint density at radius 1 is 0.809 bits per heavy atom. The summed E-state index contributed by atoms with van der Waals surface area (Å²) in [4.78, 5) is 1.48. The first-order valence-corrected chi connectivity index (χ1v) is 21.0. The lowest BCUT2D eigenvalue weighted by atomic mass is 9.77. The fraction of sp³-hybridized carbons (Fsp3) is 0.588. The van der Waals surface area contributed by atoms with E-state index < -0.39 is 36.0 Å². The van der Waals surface area contributed by atoms with Crippen molar-refractivity contribution in [3.05, 3.63) is 69.4 Å². The number of benzene rings is 1. The molecule has 1 heterocycles. The number of ether oxygens (including phenoxy) is 1. The lowest BCUT2D eigenvalue weighted by Crippen LogP contribution is -2.55. The van der Waals surface area contributed by atoms with Gasteiger partial charge in [0, 0.05) is 9.75 Å². The molecule has 2 aromatic rings. The van der Waals surface area contributed by atoms with Crippen LogP contribution in [0.15, 0.2) is 48.6 Å². The van der Waals surface area contributed by atoms with Crippen molar-refractivity contribution in [1.82, 2.24) is 0 Å². The second kappa shape index (κ2) is 15.8. The Bertz CT molecular complexity index is 1350. The van der Waals surface area contributed by atoms with Gasteiger partial charge in [-0.05, 0) is 90.5 Å². The van der Waals surface area contributed by atoms with Crippen LogP contribution in [0.2, 0.25) is 26.2 Å². The van der Waals surface area contributed by atoms with Crippen molar-refractivity contribution in [3.63, 3.8) is 0 Å². The Labute approximate surface area is 283 Å². The molecule has 0 amide bonds. The summed E-state index contributed by atoms with van der Waals surface area (Å²) in [6.07, 6.45) is -10.4. The Morgan fingerprint density at radius 2 is 1.32 bits per heavy atom. The van der Waals surface area contributed by atoms with Crippen LogP contribution < -0.4 is 4.74 Å². The van der Waals surface area contributed by atoms with Crippen LogP contribution in [0, 0.1) is 10.8 Å². The highest BCUT2D eigenvalue weighted by Crippen LogP contribution is 2.47. The maximum Gasteiger partial charge on any atom is 0.430 e. The first-order valence-electron chi connectivity index (χ1n) is 15.3. The van der Waals surface area contributed by atoms with Crippen LogP contribution in [0.3, 0.4) is 0 Å². The van der Waals surface area contributed by atoms with Gasteiger partial charge in [-0.3, -0.25) is 0 Å². The number of aliphatic hydroxyl groups is 1. The van der Waals surface area contributed by atoms with Gasteiger partial charge in [-0.1, -0.05) is 66.7 Å².